The molecule has 51 valence electrons. The average molecular weight is 127 g/mol. The molecule has 0 fully saturated rings. The zero-order chi connectivity index (χ0) is 7.82. The van der Waals surface area contributed by atoms with E-state index in [2.05, 4.69) is 11.9 Å². The Hall–Kier alpha value is -0.620. The molecule has 0 spiro atoms. The zero-order valence-corrected chi connectivity index (χ0v) is 5.47. The molecule has 0 aromatic rings. The van der Waals surface area contributed by atoms with Crippen molar-refractivity contribution in [3.63, 3.8) is 0 Å². The number of unbranched alkanes of at least 4 members (excludes halogenated alkanes) is 2. The summed E-state index contributed by atoms with van der Waals surface area (Å²) in [7, 11) is 0. The molecule has 2 nitrogen and oxygen atoms in total. The van der Waals surface area contributed by atoms with E-state index in [-0.39, 0.29) is 0 Å². The largest absolute Gasteiger partial charge is 0.234 e. The van der Waals surface area contributed by atoms with Gasteiger partial charge in [0.2, 0.25) is 6.08 Å². The van der Waals surface area contributed by atoms with Gasteiger partial charge in [0.1, 0.15) is 0 Å². The van der Waals surface area contributed by atoms with Crippen LogP contribution in [0.3, 0.4) is 0 Å². The van der Waals surface area contributed by atoms with Gasteiger partial charge in [-0.05, 0) is 6.42 Å². The van der Waals surface area contributed by atoms with Crippen molar-refractivity contribution in [1.29, 1.82) is 0 Å². The van der Waals surface area contributed by atoms with Crippen LogP contribution in [0.15, 0.2) is 4.99 Å². The third-order valence-electron chi connectivity index (χ3n) is 0.977. The van der Waals surface area contributed by atoms with Crippen molar-refractivity contribution in [1.82, 2.24) is 0 Å². The normalized spacial score (nSPS) is 13.7. The summed E-state index contributed by atoms with van der Waals surface area (Å²) in [6.07, 6.45) is 4.82. The van der Waals surface area contributed by atoms with E-state index in [1.54, 1.807) is 0 Å². The summed E-state index contributed by atoms with van der Waals surface area (Å²) >= 11 is 0. The van der Waals surface area contributed by atoms with Crippen LogP contribution in [0.4, 0.5) is 0 Å². The number of isocyanates is 1. The van der Waals surface area contributed by atoms with Gasteiger partial charge in [-0.3, -0.25) is 0 Å². The molecule has 0 saturated heterocycles. The Kier molecular flexibility index (Phi) is 5.33. The van der Waals surface area contributed by atoms with Gasteiger partial charge in [-0.25, -0.2) is 9.79 Å². The maximum Gasteiger partial charge on any atom is 0.234 e. The van der Waals surface area contributed by atoms with E-state index < -0.39 is 6.52 Å². The molecule has 0 heterocycles. The Morgan fingerprint density at radius 3 is 2.89 bits per heavy atom. The Balaban J connectivity index is 3.21. The lowest BCUT2D eigenvalue weighted by molar-refractivity contribution is 0.561. The Labute approximate surface area is 57.4 Å². The number of hydrogen-bond donors (Lipinski definition) is 0. The summed E-state index contributed by atoms with van der Waals surface area (Å²) < 4.78 is 7.10. The van der Waals surface area contributed by atoms with E-state index >= 15 is 0 Å². The van der Waals surface area contributed by atoms with Crippen molar-refractivity contribution in [2.45, 2.75) is 25.7 Å². The molecular formula is C7H12NO. The Morgan fingerprint density at radius 1 is 1.56 bits per heavy atom. The molecule has 0 aliphatic rings. The lowest BCUT2D eigenvalue weighted by atomic mass is 10.2. The lowest BCUT2D eigenvalue weighted by Gasteiger charge is -1.90. The number of rotatable bonds is 5. The smallest absolute Gasteiger partial charge is 0.211 e. The topological polar surface area (TPSA) is 29.4 Å². The number of hydrogen-bond acceptors (Lipinski definition) is 2. The van der Waals surface area contributed by atoms with E-state index in [0.29, 0.717) is 6.42 Å². The minimum absolute atomic E-state index is 0.607. The van der Waals surface area contributed by atoms with E-state index in [4.69, 9.17) is 1.37 Å². The van der Waals surface area contributed by atoms with Gasteiger partial charge in [0, 0.05) is 0 Å². The van der Waals surface area contributed by atoms with E-state index in [9.17, 15) is 4.79 Å². The van der Waals surface area contributed by atoms with E-state index in [1.165, 1.54) is 6.08 Å². The minimum Gasteiger partial charge on any atom is -0.211 e. The van der Waals surface area contributed by atoms with Crippen molar-refractivity contribution in [3.8, 4) is 0 Å². The standard InChI is InChI=1S/C7H12NO/c1-2-3-4-5-6-8-7-9/h1-6H2/i6D. The first-order valence-electron chi connectivity index (χ1n) is 3.67. The molecule has 1 unspecified atom stereocenters. The monoisotopic (exact) mass is 127 g/mol. The SMILES string of the molecule is [2H]C(CCCC[CH2])N=C=O. The van der Waals surface area contributed by atoms with Gasteiger partial charge in [0.05, 0.1) is 7.89 Å². The highest BCUT2D eigenvalue weighted by Crippen LogP contribution is 1.97. The number of aliphatic imine (C=N–C) groups is 1. The van der Waals surface area contributed by atoms with Crippen LogP contribution in [0.5, 0.6) is 0 Å². The lowest BCUT2D eigenvalue weighted by Crippen LogP contribution is -1.79. The highest BCUT2D eigenvalue weighted by Gasteiger charge is 1.83. The fourth-order valence-electron chi connectivity index (χ4n) is 0.514. The van der Waals surface area contributed by atoms with Crippen LogP contribution in [-0.4, -0.2) is 12.6 Å². The van der Waals surface area contributed by atoms with E-state index in [0.717, 1.165) is 19.3 Å². The number of nitrogens with zero attached hydrogens (tertiary/aromatic N) is 1. The van der Waals surface area contributed by atoms with E-state index in [1.807, 2.05) is 0 Å². The quantitative estimate of drug-likeness (QED) is 0.314. The van der Waals surface area contributed by atoms with Crippen molar-refractivity contribution in [3.05, 3.63) is 6.92 Å². The van der Waals surface area contributed by atoms with Crippen molar-refractivity contribution in [2.24, 2.45) is 4.99 Å². The van der Waals surface area contributed by atoms with Crippen LogP contribution in [0.1, 0.15) is 27.1 Å². The van der Waals surface area contributed by atoms with Gasteiger partial charge in [-0.1, -0.05) is 26.2 Å². The summed E-state index contributed by atoms with van der Waals surface area (Å²) in [5.41, 5.74) is 0. The molecule has 0 aromatic heterocycles. The third kappa shape index (κ3) is 7.38. The molecule has 0 bridgehead atoms. The highest BCUT2D eigenvalue weighted by molar-refractivity contribution is 5.32. The molecule has 2 heteroatoms. The summed E-state index contributed by atoms with van der Waals surface area (Å²) in [5.74, 6) is 0. The summed E-state index contributed by atoms with van der Waals surface area (Å²) in [6.45, 7) is 3.05. The van der Waals surface area contributed by atoms with Gasteiger partial charge in [-0.15, -0.1) is 0 Å². The molecule has 0 saturated carbocycles. The fraction of sp³-hybridized carbons (Fsp3) is 0.714. The van der Waals surface area contributed by atoms with Crippen LogP contribution >= 0.6 is 0 Å². The minimum atomic E-state index is -0.607. The maximum atomic E-state index is 9.62. The molecule has 1 atom stereocenters. The molecule has 9 heavy (non-hydrogen) atoms. The van der Waals surface area contributed by atoms with Crippen LogP contribution < -0.4 is 0 Å². The molecule has 1 radical (unpaired) electrons. The summed E-state index contributed by atoms with van der Waals surface area (Å²) in [6, 6.07) is 0. The summed E-state index contributed by atoms with van der Waals surface area (Å²) in [4.78, 5) is 12.9. The van der Waals surface area contributed by atoms with Crippen LogP contribution in [-0.2, 0) is 4.79 Å². The van der Waals surface area contributed by atoms with Crippen molar-refractivity contribution < 1.29 is 6.17 Å². The first-order chi connectivity index (χ1) is 4.81. The molecule has 0 aliphatic heterocycles. The zero-order valence-electron chi connectivity index (χ0n) is 6.47. The molecule has 0 amide bonds. The molecule has 0 N–H and O–H groups in total. The van der Waals surface area contributed by atoms with Crippen LogP contribution in [0, 0.1) is 6.92 Å². The second-order valence-electron chi connectivity index (χ2n) is 1.75. The van der Waals surface area contributed by atoms with Gasteiger partial charge >= 0.3 is 0 Å². The second-order valence-corrected chi connectivity index (χ2v) is 1.75. The summed E-state index contributed by atoms with van der Waals surface area (Å²) in [5, 5.41) is 0. The second kappa shape index (κ2) is 7.38. The number of carbonyl (C=O) groups excluding carboxylic acids is 1. The van der Waals surface area contributed by atoms with Crippen molar-refractivity contribution in [2.75, 3.05) is 6.52 Å². The molecular weight excluding hydrogens is 114 g/mol. The van der Waals surface area contributed by atoms with Crippen LogP contribution in [0.25, 0.3) is 0 Å². The first-order valence-corrected chi connectivity index (χ1v) is 3.09. The third-order valence-corrected chi connectivity index (χ3v) is 0.977. The molecule has 0 aromatic carbocycles. The predicted molar refractivity (Wildman–Crippen MR) is 36.8 cm³/mol. The average Bonchev–Trinajstić information content (AvgIpc) is 1.89. The predicted octanol–water partition coefficient (Wildman–Crippen LogP) is 1.72. The fourth-order valence-corrected chi connectivity index (χ4v) is 0.514. The maximum absolute atomic E-state index is 9.62. The van der Waals surface area contributed by atoms with Gasteiger partial charge < -0.3 is 0 Å². The highest BCUT2D eigenvalue weighted by atomic mass is 16.1. The van der Waals surface area contributed by atoms with Crippen molar-refractivity contribution >= 4 is 6.08 Å². The van der Waals surface area contributed by atoms with Gasteiger partial charge in [-0.2, -0.15) is 0 Å². The molecule has 0 rings (SSSR count). The first kappa shape index (κ1) is 6.50. The Bertz CT molecular complexity index is 121. The van der Waals surface area contributed by atoms with Gasteiger partial charge in [0.15, 0.2) is 0 Å². The molecule has 0 aliphatic carbocycles. The van der Waals surface area contributed by atoms with Gasteiger partial charge in [0.25, 0.3) is 0 Å². The Morgan fingerprint density at radius 2 is 2.33 bits per heavy atom. The van der Waals surface area contributed by atoms with Crippen LogP contribution in [0.2, 0.25) is 0 Å².